The van der Waals surface area contributed by atoms with Crippen LogP contribution in [-0.4, -0.2) is 52.1 Å². The highest BCUT2D eigenvalue weighted by molar-refractivity contribution is 9.10. The van der Waals surface area contributed by atoms with Crippen molar-refractivity contribution in [2.45, 2.75) is 0 Å². The molecule has 0 unspecified atom stereocenters. The molecule has 0 radical (unpaired) electrons. The van der Waals surface area contributed by atoms with E-state index in [0.29, 0.717) is 43.3 Å². The van der Waals surface area contributed by atoms with E-state index in [0.717, 1.165) is 10.0 Å². The highest BCUT2D eigenvalue weighted by Crippen LogP contribution is 2.28. The third-order valence-electron chi connectivity index (χ3n) is 4.93. The minimum atomic E-state index is -0.374. The summed E-state index contributed by atoms with van der Waals surface area (Å²) in [4.78, 5) is 27.4. The molecule has 2 aromatic carbocycles. The van der Waals surface area contributed by atoms with Crippen molar-refractivity contribution < 1.29 is 9.72 Å². The first-order valence-electron chi connectivity index (χ1n) is 9.12. The summed E-state index contributed by atoms with van der Waals surface area (Å²) >= 11 is 3.40. The Labute approximate surface area is 175 Å². The van der Waals surface area contributed by atoms with Crippen LogP contribution in [0, 0.1) is 10.1 Å². The number of H-pyrrole nitrogens is 1. The lowest BCUT2D eigenvalue weighted by molar-refractivity contribution is -0.384. The van der Waals surface area contributed by atoms with Crippen molar-refractivity contribution in [2.24, 2.45) is 0 Å². The predicted octanol–water partition coefficient (Wildman–Crippen LogP) is 3.71. The van der Waals surface area contributed by atoms with E-state index in [1.54, 1.807) is 29.2 Å². The van der Waals surface area contributed by atoms with Crippen molar-refractivity contribution in [3.63, 3.8) is 0 Å². The Kier molecular flexibility index (Phi) is 5.30. The SMILES string of the molecule is O=C(c1cc(-c2ccc(Br)cc2)n[nH]1)N1CCN(c2ccccc2[N+](=O)[O-])CC1. The molecule has 1 saturated heterocycles. The number of nitro groups is 1. The lowest BCUT2D eigenvalue weighted by atomic mass is 10.1. The van der Waals surface area contributed by atoms with Crippen LogP contribution in [0.2, 0.25) is 0 Å². The van der Waals surface area contributed by atoms with Gasteiger partial charge in [0.25, 0.3) is 11.6 Å². The van der Waals surface area contributed by atoms with E-state index in [1.807, 2.05) is 29.2 Å². The van der Waals surface area contributed by atoms with Crippen LogP contribution >= 0.6 is 15.9 Å². The molecule has 1 aromatic heterocycles. The van der Waals surface area contributed by atoms with E-state index in [1.165, 1.54) is 6.07 Å². The topological polar surface area (TPSA) is 95.4 Å². The molecular weight excluding hydrogens is 438 g/mol. The van der Waals surface area contributed by atoms with Crippen LogP contribution in [0.25, 0.3) is 11.3 Å². The number of amides is 1. The van der Waals surface area contributed by atoms with Gasteiger partial charge in [0.05, 0.1) is 10.6 Å². The number of hydrogen-bond donors (Lipinski definition) is 1. The first-order valence-corrected chi connectivity index (χ1v) is 9.91. The van der Waals surface area contributed by atoms with Crippen molar-refractivity contribution in [1.82, 2.24) is 15.1 Å². The van der Waals surface area contributed by atoms with Crippen molar-refractivity contribution in [2.75, 3.05) is 31.1 Å². The highest BCUT2D eigenvalue weighted by Gasteiger charge is 2.26. The van der Waals surface area contributed by atoms with Crippen LogP contribution in [0.1, 0.15) is 10.5 Å². The van der Waals surface area contributed by atoms with E-state index >= 15 is 0 Å². The van der Waals surface area contributed by atoms with Crippen LogP contribution in [0.3, 0.4) is 0 Å². The molecule has 9 heteroatoms. The van der Waals surface area contributed by atoms with Crippen LogP contribution in [-0.2, 0) is 0 Å². The normalized spacial score (nSPS) is 14.1. The summed E-state index contributed by atoms with van der Waals surface area (Å²) in [5.74, 6) is -0.122. The lowest BCUT2D eigenvalue weighted by Gasteiger charge is -2.35. The molecule has 148 valence electrons. The molecule has 0 bridgehead atoms. The molecule has 29 heavy (non-hydrogen) atoms. The maximum atomic E-state index is 12.8. The molecule has 1 amide bonds. The standard InChI is InChI=1S/C20H18BrN5O3/c21-15-7-5-14(6-8-15)16-13-17(23-22-16)20(27)25-11-9-24(10-12-25)18-3-1-2-4-19(18)26(28)29/h1-8,13H,9-12H2,(H,22,23). The molecule has 1 aliphatic rings. The summed E-state index contributed by atoms with van der Waals surface area (Å²) in [6, 6.07) is 16.1. The molecule has 1 N–H and O–H groups in total. The van der Waals surface area contributed by atoms with Crippen molar-refractivity contribution in [1.29, 1.82) is 0 Å². The number of nitrogens with one attached hydrogen (secondary N) is 1. The molecule has 0 atom stereocenters. The zero-order valence-corrected chi connectivity index (χ0v) is 17.0. The average Bonchev–Trinajstić information content (AvgIpc) is 3.24. The fourth-order valence-electron chi connectivity index (χ4n) is 3.41. The smallest absolute Gasteiger partial charge is 0.292 e. The van der Waals surface area contributed by atoms with Gasteiger partial charge < -0.3 is 9.80 Å². The number of benzene rings is 2. The van der Waals surface area contributed by atoms with Crippen molar-refractivity contribution in [3.8, 4) is 11.3 Å². The highest BCUT2D eigenvalue weighted by atomic mass is 79.9. The summed E-state index contributed by atoms with van der Waals surface area (Å²) < 4.78 is 0.976. The largest absolute Gasteiger partial charge is 0.362 e. The van der Waals surface area contributed by atoms with Crippen LogP contribution in [0.4, 0.5) is 11.4 Å². The number of carbonyl (C=O) groups excluding carboxylic acids is 1. The van der Waals surface area contributed by atoms with Gasteiger partial charge in [-0.2, -0.15) is 5.10 Å². The van der Waals surface area contributed by atoms with Gasteiger partial charge in [-0.3, -0.25) is 20.0 Å². The second-order valence-electron chi connectivity index (χ2n) is 6.70. The summed E-state index contributed by atoms with van der Waals surface area (Å²) in [7, 11) is 0. The number of nitrogens with zero attached hydrogens (tertiary/aromatic N) is 4. The van der Waals surface area contributed by atoms with Gasteiger partial charge in [-0.15, -0.1) is 0 Å². The minimum absolute atomic E-state index is 0.0833. The summed E-state index contributed by atoms with van der Waals surface area (Å²) in [5, 5.41) is 18.3. The number of anilines is 1. The van der Waals surface area contributed by atoms with Gasteiger partial charge in [0.15, 0.2) is 0 Å². The zero-order chi connectivity index (χ0) is 20.4. The number of aromatic nitrogens is 2. The molecule has 1 aliphatic heterocycles. The Morgan fingerprint density at radius 3 is 2.45 bits per heavy atom. The van der Waals surface area contributed by atoms with E-state index in [-0.39, 0.29) is 16.5 Å². The third kappa shape index (κ3) is 4.00. The summed E-state index contributed by atoms with van der Waals surface area (Å²) in [6.07, 6.45) is 0. The molecular formula is C20H18BrN5O3. The number of carbonyl (C=O) groups is 1. The third-order valence-corrected chi connectivity index (χ3v) is 5.46. The maximum absolute atomic E-state index is 12.8. The van der Waals surface area contributed by atoms with Crippen LogP contribution in [0.5, 0.6) is 0 Å². The number of piperazine rings is 1. The number of nitro benzene ring substituents is 1. The quantitative estimate of drug-likeness (QED) is 0.477. The van der Waals surface area contributed by atoms with Crippen molar-refractivity contribution in [3.05, 3.63) is 74.9 Å². The van der Waals surface area contributed by atoms with E-state index in [9.17, 15) is 14.9 Å². The van der Waals surface area contributed by atoms with Crippen LogP contribution < -0.4 is 4.90 Å². The minimum Gasteiger partial charge on any atom is -0.362 e. The number of halogens is 1. The second-order valence-corrected chi connectivity index (χ2v) is 7.61. The monoisotopic (exact) mass is 455 g/mol. The van der Waals surface area contributed by atoms with Gasteiger partial charge >= 0.3 is 0 Å². The van der Waals surface area contributed by atoms with Gasteiger partial charge in [-0.25, -0.2) is 0 Å². The predicted molar refractivity (Wildman–Crippen MR) is 113 cm³/mol. The number of rotatable bonds is 4. The molecule has 0 spiro atoms. The van der Waals surface area contributed by atoms with Gasteiger partial charge in [-0.05, 0) is 24.3 Å². The molecule has 1 fully saturated rings. The van der Waals surface area contributed by atoms with E-state index in [2.05, 4.69) is 26.1 Å². The lowest BCUT2D eigenvalue weighted by Crippen LogP contribution is -2.49. The molecule has 0 saturated carbocycles. The van der Waals surface area contributed by atoms with Crippen molar-refractivity contribution >= 4 is 33.2 Å². The Balaban J connectivity index is 1.43. The Morgan fingerprint density at radius 2 is 1.76 bits per heavy atom. The summed E-state index contributed by atoms with van der Waals surface area (Å²) in [6.45, 7) is 2.03. The maximum Gasteiger partial charge on any atom is 0.292 e. The fourth-order valence-corrected chi connectivity index (χ4v) is 3.67. The summed E-state index contributed by atoms with van der Waals surface area (Å²) in [5.41, 5.74) is 2.73. The molecule has 0 aliphatic carbocycles. The number of hydrogen-bond acceptors (Lipinski definition) is 5. The van der Waals surface area contributed by atoms with Gasteiger partial charge in [-0.1, -0.05) is 40.2 Å². The fraction of sp³-hybridized carbons (Fsp3) is 0.200. The molecule has 2 heterocycles. The van der Waals surface area contributed by atoms with Gasteiger partial charge in [0.1, 0.15) is 11.4 Å². The molecule has 8 nitrogen and oxygen atoms in total. The molecule has 3 aromatic rings. The van der Waals surface area contributed by atoms with E-state index < -0.39 is 0 Å². The Morgan fingerprint density at radius 1 is 1.07 bits per heavy atom. The van der Waals surface area contributed by atoms with E-state index in [4.69, 9.17) is 0 Å². The first-order chi connectivity index (χ1) is 14.0. The molecule has 4 rings (SSSR count). The first kappa shape index (κ1) is 19.1. The number of para-hydroxylation sites is 2. The Bertz CT molecular complexity index is 1040. The average molecular weight is 456 g/mol. The number of aromatic amines is 1. The van der Waals surface area contributed by atoms with Gasteiger partial charge in [0.2, 0.25) is 0 Å². The second kappa shape index (κ2) is 8.04. The zero-order valence-electron chi connectivity index (χ0n) is 15.4. The van der Waals surface area contributed by atoms with Crippen LogP contribution in [0.15, 0.2) is 59.1 Å². The Hall–Kier alpha value is -3.20. The van der Waals surface area contributed by atoms with Gasteiger partial charge in [0, 0.05) is 42.3 Å².